The molecule has 7 heteroatoms. The molecule has 0 amide bonds. The molecule has 1 aromatic carbocycles. The van der Waals surface area contributed by atoms with Crippen LogP contribution in [-0.2, 0) is 10.0 Å². The molecule has 5 nitrogen and oxygen atoms in total. The Morgan fingerprint density at radius 3 is 2.90 bits per heavy atom. The molecule has 0 bridgehead atoms. The van der Waals surface area contributed by atoms with Crippen molar-refractivity contribution in [2.24, 2.45) is 5.92 Å². The van der Waals surface area contributed by atoms with Gasteiger partial charge in [0.25, 0.3) is 0 Å². The summed E-state index contributed by atoms with van der Waals surface area (Å²) in [4.78, 5) is 0.163. The molecule has 2 aliphatic heterocycles. The highest BCUT2D eigenvalue weighted by molar-refractivity contribution is 7.89. The first-order chi connectivity index (χ1) is 10.0. The SMILES string of the molecule is N#Cc1ccc(S(=O)(=O)N2CCC3NCCC3C2)cc1Cl. The van der Waals surface area contributed by atoms with Crippen molar-refractivity contribution in [2.45, 2.75) is 23.8 Å². The second kappa shape index (κ2) is 5.58. The summed E-state index contributed by atoms with van der Waals surface area (Å²) >= 11 is 5.95. The summed E-state index contributed by atoms with van der Waals surface area (Å²) < 4.78 is 26.9. The molecule has 2 heterocycles. The molecule has 2 saturated heterocycles. The summed E-state index contributed by atoms with van der Waals surface area (Å²) in [5.41, 5.74) is 0.286. The van der Waals surface area contributed by atoms with Gasteiger partial charge >= 0.3 is 0 Å². The van der Waals surface area contributed by atoms with Crippen LogP contribution in [0.25, 0.3) is 0 Å². The molecule has 112 valence electrons. The summed E-state index contributed by atoms with van der Waals surface area (Å²) in [6.07, 6.45) is 1.86. The zero-order valence-corrected chi connectivity index (χ0v) is 13.0. The number of rotatable bonds is 2. The quantitative estimate of drug-likeness (QED) is 0.896. The van der Waals surface area contributed by atoms with Crippen LogP contribution < -0.4 is 5.32 Å². The van der Waals surface area contributed by atoms with E-state index in [0.717, 1.165) is 19.4 Å². The topological polar surface area (TPSA) is 73.2 Å². The van der Waals surface area contributed by atoms with Crippen molar-refractivity contribution in [3.8, 4) is 6.07 Å². The molecule has 0 radical (unpaired) electrons. The van der Waals surface area contributed by atoms with Crippen LogP contribution in [0.3, 0.4) is 0 Å². The molecule has 3 rings (SSSR count). The minimum Gasteiger partial charge on any atom is -0.314 e. The summed E-state index contributed by atoms with van der Waals surface area (Å²) in [6.45, 7) is 2.04. The highest BCUT2D eigenvalue weighted by atomic mass is 35.5. The van der Waals surface area contributed by atoms with Gasteiger partial charge in [-0.25, -0.2) is 8.42 Å². The first kappa shape index (κ1) is 14.8. The normalized spacial score (nSPS) is 26.3. The monoisotopic (exact) mass is 325 g/mol. The average molecular weight is 326 g/mol. The number of halogens is 1. The second-order valence-corrected chi connectivity index (χ2v) is 7.86. The molecule has 0 aliphatic carbocycles. The number of sulfonamides is 1. The Morgan fingerprint density at radius 1 is 1.38 bits per heavy atom. The number of benzene rings is 1. The van der Waals surface area contributed by atoms with Crippen molar-refractivity contribution >= 4 is 21.6 Å². The van der Waals surface area contributed by atoms with Gasteiger partial charge in [0.15, 0.2) is 0 Å². The van der Waals surface area contributed by atoms with Crippen LogP contribution in [0.5, 0.6) is 0 Å². The first-order valence-electron chi connectivity index (χ1n) is 6.95. The Morgan fingerprint density at radius 2 is 2.19 bits per heavy atom. The molecule has 2 fully saturated rings. The Balaban J connectivity index is 1.87. The van der Waals surface area contributed by atoms with E-state index in [-0.39, 0.29) is 15.5 Å². The smallest absolute Gasteiger partial charge is 0.243 e. The molecule has 21 heavy (non-hydrogen) atoms. The lowest BCUT2D eigenvalue weighted by Crippen LogP contribution is -2.46. The van der Waals surface area contributed by atoms with Crippen LogP contribution in [0.1, 0.15) is 18.4 Å². The largest absolute Gasteiger partial charge is 0.314 e. The van der Waals surface area contributed by atoms with Crippen LogP contribution in [0.15, 0.2) is 23.1 Å². The fraction of sp³-hybridized carbons (Fsp3) is 0.500. The standard InChI is InChI=1S/C14H16ClN3O2S/c15-13-7-12(2-1-10(13)8-16)21(19,20)18-6-4-14-11(9-18)3-5-17-14/h1-2,7,11,14,17H,3-6,9H2. The molecule has 0 saturated carbocycles. The fourth-order valence-electron chi connectivity index (χ4n) is 3.13. The summed E-state index contributed by atoms with van der Waals surface area (Å²) in [5, 5.41) is 12.5. The van der Waals surface area contributed by atoms with E-state index in [9.17, 15) is 8.42 Å². The van der Waals surface area contributed by atoms with Gasteiger partial charge < -0.3 is 5.32 Å². The van der Waals surface area contributed by atoms with Crippen LogP contribution in [0, 0.1) is 17.2 Å². The number of nitrogens with one attached hydrogen (secondary N) is 1. The Bertz CT molecular complexity index is 699. The maximum Gasteiger partial charge on any atom is 0.243 e. The van der Waals surface area contributed by atoms with Gasteiger partial charge in [-0.1, -0.05) is 11.6 Å². The van der Waals surface area contributed by atoms with Crippen LogP contribution in [0.4, 0.5) is 0 Å². The maximum atomic E-state index is 12.7. The number of hydrogen-bond donors (Lipinski definition) is 1. The molecular formula is C14H16ClN3O2S. The van der Waals surface area contributed by atoms with Gasteiger partial charge in [-0.2, -0.15) is 9.57 Å². The van der Waals surface area contributed by atoms with Crippen molar-refractivity contribution in [3.05, 3.63) is 28.8 Å². The number of nitrogens with zero attached hydrogens (tertiary/aromatic N) is 2. The Hall–Kier alpha value is -1.13. The summed E-state index contributed by atoms with van der Waals surface area (Å²) in [6, 6.07) is 6.66. The average Bonchev–Trinajstić information content (AvgIpc) is 2.94. The van der Waals surface area contributed by atoms with Gasteiger partial charge in [-0.3, -0.25) is 0 Å². The van der Waals surface area contributed by atoms with E-state index in [1.807, 2.05) is 6.07 Å². The summed E-state index contributed by atoms with van der Waals surface area (Å²) in [5.74, 6) is 0.391. The Labute approximate surface area is 129 Å². The van der Waals surface area contributed by atoms with E-state index in [0.29, 0.717) is 25.0 Å². The minimum atomic E-state index is -3.54. The van der Waals surface area contributed by atoms with Gasteiger partial charge in [0.1, 0.15) is 6.07 Å². The van der Waals surface area contributed by atoms with Crippen molar-refractivity contribution in [3.63, 3.8) is 0 Å². The molecular weight excluding hydrogens is 310 g/mol. The van der Waals surface area contributed by atoms with E-state index in [1.54, 1.807) is 4.31 Å². The molecule has 2 atom stereocenters. The summed E-state index contributed by atoms with van der Waals surface area (Å²) in [7, 11) is -3.54. The molecule has 2 unspecified atom stereocenters. The molecule has 1 N–H and O–H groups in total. The lowest BCUT2D eigenvalue weighted by atomic mass is 9.95. The van der Waals surface area contributed by atoms with Gasteiger partial charge in [0.2, 0.25) is 10.0 Å². The Kier molecular flexibility index (Phi) is 3.93. The predicted molar refractivity (Wildman–Crippen MR) is 79.4 cm³/mol. The zero-order chi connectivity index (χ0) is 15.0. The van der Waals surface area contributed by atoms with Crippen LogP contribution in [-0.4, -0.2) is 38.4 Å². The van der Waals surface area contributed by atoms with Crippen LogP contribution >= 0.6 is 11.6 Å². The van der Waals surface area contributed by atoms with Gasteiger partial charge in [0, 0.05) is 19.1 Å². The molecule has 2 aliphatic rings. The van der Waals surface area contributed by atoms with E-state index in [1.165, 1.54) is 18.2 Å². The predicted octanol–water partition coefficient (Wildman–Crippen LogP) is 1.58. The number of hydrogen-bond acceptors (Lipinski definition) is 4. The van der Waals surface area contributed by atoms with Crippen molar-refractivity contribution in [2.75, 3.05) is 19.6 Å². The lowest BCUT2D eigenvalue weighted by Gasteiger charge is -2.34. The highest BCUT2D eigenvalue weighted by Gasteiger charge is 2.37. The number of fused-ring (bicyclic) bond motifs is 1. The van der Waals surface area contributed by atoms with Gasteiger partial charge in [-0.05, 0) is 43.5 Å². The van der Waals surface area contributed by atoms with Gasteiger partial charge in [-0.15, -0.1) is 0 Å². The number of piperidine rings is 1. The third kappa shape index (κ3) is 2.67. The van der Waals surface area contributed by atoms with E-state index < -0.39 is 10.0 Å². The first-order valence-corrected chi connectivity index (χ1v) is 8.77. The molecule has 0 spiro atoms. The third-order valence-electron chi connectivity index (χ3n) is 4.32. The molecule has 0 aromatic heterocycles. The maximum absolute atomic E-state index is 12.7. The lowest BCUT2D eigenvalue weighted by molar-refractivity contribution is 0.247. The van der Waals surface area contributed by atoms with Crippen molar-refractivity contribution in [1.82, 2.24) is 9.62 Å². The second-order valence-electron chi connectivity index (χ2n) is 5.51. The van der Waals surface area contributed by atoms with Gasteiger partial charge in [0.05, 0.1) is 15.5 Å². The molecule has 1 aromatic rings. The van der Waals surface area contributed by atoms with E-state index in [2.05, 4.69) is 5.32 Å². The highest BCUT2D eigenvalue weighted by Crippen LogP contribution is 2.29. The minimum absolute atomic E-state index is 0.163. The fourth-order valence-corrected chi connectivity index (χ4v) is 4.95. The van der Waals surface area contributed by atoms with Crippen molar-refractivity contribution in [1.29, 1.82) is 5.26 Å². The third-order valence-corrected chi connectivity index (χ3v) is 6.49. The van der Waals surface area contributed by atoms with Crippen LogP contribution in [0.2, 0.25) is 5.02 Å². The zero-order valence-electron chi connectivity index (χ0n) is 11.4. The van der Waals surface area contributed by atoms with E-state index >= 15 is 0 Å². The van der Waals surface area contributed by atoms with Crippen molar-refractivity contribution < 1.29 is 8.42 Å². The van der Waals surface area contributed by atoms with E-state index in [4.69, 9.17) is 16.9 Å². The number of nitriles is 1.